The number of rotatable bonds is 10. The fraction of sp³-hybridized carbons (Fsp3) is 0.273. The third kappa shape index (κ3) is 6.46. The zero-order valence-electron chi connectivity index (χ0n) is 34.1. The quantitative estimate of drug-likeness (QED) is 0.127. The average Bonchev–Trinajstić information content (AvgIpc) is 3.65. The molecule has 4 unspecified atom stereocenters. The maximum absolute atomic E-state index is 15.5. The molecule has 6 aromatic rings. The van der Waals surface area contributed by atoms with Crippen molar-refractivity contribution in [2.45, 2.75) is 43.3 Å². The molecule has 324 valence electrons. The number of benzene rings is 4. The fourth-order valence-corrected chi connectivity index (χ4v) is 10.4. The molecular formula is C44H38BrCl2N7O9. The Morgan fingerprint density at radius 1 is 0.905 bits per heavy atom. The van der Waals surface area contributed by atoms with E-state index in [2.05, 4.69) is 26.3 Å². The highest BCUT2D eigenvalue weighted by atomic mass is 79.9. The summed E-state index contributed by atoms with van der Waals surface area (Å²) >= 11 is 16.3. The van der Waals surface area contributed by atoms with Gasteiger partial charge in [-0.25, -0.2) is 28.5 Å². The summed E-state index contributed by atoms with van der Waals surface area (Å²) in [5, 5.41) is 13.1. The van der Waals surface area contributed by atoms with E-state index in [0.717, 1.165) is 9.58 Å². The molecule has 9 rings (SSSR count). The number of fused-ring (bicyclic) bond motifs is 5. The Morgan fingerprint density at radius 3 is 2.33 bits per heavy atom. The molecule has 4 heterocycles. The fourth-order valence-electron chi connectivity index (χ4n) is 9.54. The standard InChI is InChI=1S/C44H38BrCl2N7O9/c1-50-34-21-37(63-4)36(62-3)20-32(34)48-31(40(50)57)14-15-51-42(59)52-16-13-26-33(54(52)43(51)60)19-28-39(56)53(49-30-11-8-24(46)18-29(30)47)41(58)44(28,22-5-9-25(61-2)10-6-22)38(26)27-17-23(45)7-12-35(27)55/h5-13,17-18,20-21,28,33,38,49,55H,14-16,19H2,1-4H3. The SMILES string of the molecule is COc1ccc(C23C(=O)N(Nc4ccc(Cl)cc4Cl)C(=O)C2CC2C(=CCn4c(=O)n(CCc5nc6cc(OC)c(OC)cc6n(C)c5=O)c(=O)n42)C3c2cc(Br)ccc2O)cc1. The highest BCUT2D eigenvalue weighted by Gasteiger charge is 2.69. The summed E-state index contributed by atoms with van der Waals surface area (Å²) in [4.78, 5) is 77.6. The van der Waals surface area contributed by atoms with Crippen LogP contribution in [0.15, 0.2) is 103 Å². The van der Waals surface area contributed by atoms with Crippen molar-refractivity contribution >= 4 is 67.7 Å². The molecule has 2 N–H and O–H groups in total. The number of hydrogen-bond donors (Lipinski definition) is 2. The molecule has 2 amide bonds. The minimum atomic E-state index is -1.71. The molecule has 1 saturated heterocycles. The van der Waals surface area contributed by atoms with Gasteiger partial charge >= 0.3 is 11.4 Å². The van der Waals surface area contributed by atoms with Gasteiger partial charge in [-0.15, -0.1) is 0 Å². The van der Waals surface area contributed by atoms with Crippen LogP contribution in [0.2, 0.25) is 10.0 Å². The normalized spacial score (nSPS) is 20.3. The number of carbonyl (C=O) groups is 2. The zero-order valence-corrected chi connectivity index (χ0v) is 37.2. The molecule has 2 aromatic heterocycles. The lowest BCUT2D eigenvalue weighted by Gasteiger charge is -2.49. The number of allylic oxidation sites excluding steroid dienone is 2. The maximum Gasteiger partial charge on any atom is 0.347 e. The first-order valence-electron chi connectivity index (χ1n) is 19.7. The van der Waals surface area contributed by atoms with Gasteiger partial charge in [0.1, 0.15) is 17.2 Å². The smallest absolute Gasteiger partial charge is 0.347 e. The number of ether oxygens (including phenoxy) is 3. The van der Waals surface area contributed by atoms with Crippen molar-refractivity contribution in [3.63, 3.8) is 0 Å². The summed E-state index contributed by atoms with van der Waals surface area (Å²) < 4.78 is 22.0. The van der Waals surface area contributed by atoms with E-state index in [1.54, 1.807) is 73.8 Å². The first-order valence-corrected chi connectivity index (χ1v) is 21.2. The predicted molar refractivity (Wildman–Crippen MR) is 237 cm³/mol. The Labute approximate surface area is 376 Å². The van der Waals surface area contributed by atoms with Crippen molar-refractivity contribution in [1.29, 1.82) is 0 Å². The van der Waals surface area contributed by atoms with Crippen LogP contribution in [-0.2, 0) is 41.6 Å². The topological polar surface area (TPSA) is 181 Å². The van der Waals surface area contributed by atoms with E-state index in [4.69, 9.17) is 37.4 Å². The third-order valence-corrected chi connectivity index (χ3v) is 13.5. The number of phenolic OH excluding ortho intramolecular Hbond substituents is 1. The van der Waals surface area contributed by atoms with Crippen molar-refractivity contribution in [1.82, 2.24) is 28.5 Å². The molecule has 0 bridgehead atoms. The van der Waals surface area contributed by atoms with Crippen LogP contribution >= 0.6 is 39.1 Å². The number of methoxy groups -OCH3 is 3. The second-order valence-electron chi connectivity index (χ2n) is 15.5. The second kappa shape index (κ2) is 15.8. The number of aromatic nitrogens is 5. The lowest BCUT2D eigenvalue weighted by molar-refractivity contribution is -0.138. The Kier molecular flexibility index (Phi) is 10.5. The minimum absolute atomic E-state index is 0.0698. The maximum atomic E-state index is 15.5. The molecule has 2 fully saturated rings. The van der Waals surface area contributed by atoms with E-state index < -0.39 is 52.0 Å². The van der Waals surface area contributed by atoms with Crippen LogP contribution < -0.4 is 36.6 Å². The molecule has 16 nitrogen and oxygen atoms in total. The average molecular weight is 960 g/mol. The first kappa shape index (κ1) is 42.0. The van der Waals surface area contributed by atoms with Crippen LogP contribution in [0.3, 0.4) is 0 Å². The number of anilines is 1. The van der Waals surface area contributed by atoms with Crippen molar-refractivity contribution in [2.24, 2.45) is 13.0 Å². The van der Waals surface area contributed by atoms with Gasteiger partial charge in [-0.05, 0) is 66.1 Å². The molecule has 3 aliphatic rings. The molecule has 4 atom stereocenters. The van der Waals surface area contributed by atoms with Gasteiger partial charge in [0, 0.05) is 53.1 Å². The Balaban J connectivity index is 1.18. The second-order valence-corrected chi connectivity index (χ2v) is 17.2. The number of aromatic hydroxyl groups is 1. The molecule has 2 aliphatic heterocycles. The summed E-state index contributed by atoms with van der Waals surface area (Å²) in [5.74, 6) is -2.31. The summed E-state index contributed by atoms with van der Waals surface area (Å²) in [5.41, 5.74) is 2.10. The number of hydrazine groups is 1. The number of amides is 2. The van der Waals surface area contributed by atoms with Gasteiger partial charge < -0.3 is 23.9 Å². The lowest BCUT2D eigenvalue weighted by Crippen LogP contribution is -2.53. The van der Waals surface area contributed by atoms with E-state index >= 15 is 9.59 Å². The highest BCUT2D eigenvalue weighted by Crippen LogP contribution is 2.63. The summed E-state index contributed by atoms with van der Waals surface area (Å²) in [6.45, 7) is -0.274. The molecule has 63 heavy (non-hydrogen) atoms. The van der Waals surface area contributed by atoms with Gasteiger partial charge in [0.25, 0.3) is 17.4 Å². The number of halogens is 3. The van der Waals surface area contributed by atoms with E-state index in [1.807, 2.05) is 0 Å². The number of nitrogens with one attached hydrogen (secondary N) is 1. The minimum Gasteiger partial charge on any atom is -0.508 e. The van der Waals surface area contributed by atoms with Crippen LogP contribution in [0.5, 0.6) is 23.0 Å². The molecule has 19 heteroatoms. The van der Waals surface area contributed by atoms with Gasteiger partial charge in [0.05, 0.1) is 67.0 Å². The van der Waals surface area contributed by atoms with Crippen LogP contribution in [0.1, 0.15) is 35.2 Å². The Morgan fingerprint density at radius 2 is 1.63 bits per heavy atom. The van der Waals surface area contributed by atoms with Crippen LogP contribution in [0, 0.1) is 5.92 Å². The van der Waals surface area contributed by atoms with E-state index in [0.29, 0.717) is 54.5 Å². The first-order chi connectivity index (χ1) is 30.2. The number of hydrogen-bond acceptors (Lipinski definition) is 11. The molecule has 4 aromatic carbocycles. The van der Waals surface area contributed by atoms with Gasteiger partial charge in [-0.3, -0.25) is 19.8 Å². The molecule has 0 radical (unpaired) electrons. The number of phenols is 1. The third-order valence-electron chi connectivity index (χ3n) is 12.4. The summed E-state index contributed by atoms with van der Waals surface area (Å²) in [6, 6.07) is 18.6. The molecule has 0 spiro atoms. The number of aryl methyl sites for hydroxylation is 2. The van der Waals surface area contributed by atoms with Crippen molar-refractivity contribution in [3.8, 4) is 23.0 Å². The van der Waals surface area contributed by atoms with Crippen molar-refractivity contribution in [3.05, 3.63) is 147 Å². The lowest BCUT2D eigenvalue weighted by atomic mass is 9.53. The van der Waals surface area contributed by atoms with Crippen LogP contribution in [0.25, 0.3) is 11.0 Å². The number of imide groups is 1. The zero-order chi connectivity index (χ0) is 44.6. The highest BCUT2D eigenvalue weighted by molar-refractivity contribution is 9.10. The van der Waals surface area contributed by atoms with Crippen molar-refractivity contribution < 1.29 is 28.9 Å². The summed E-state index contributed by atoms with van der Waals surface area (Å²) in [6.07, 6.45) is 1.62. The molecule has 1 saturated carbocycles. The van der Waals surface area contributed by atoms with E-state index in [-0.39, 0.29) is 48.1 Å². The Hall–Kier alpha value is -6.30. The predicted octanol–water partition coefficient (Wildman–Crippen LogP) is 5.72. The Bertz CT molecular complexity index is 3120. The van der Waals surface area contributed by atoms with Crippen LogP contribution in [0.4, 0.5) is 5.69 Å². The number of carbonyl (C=O) groups excluding carboxylic acids is 2. The van der Waals surface area contributed by atoms with Gasteiger partial charge in [0.2, 0.25) is 0 Å². The van der Waals surface area contributed by atoms with Gasteiger partial charge in [0.15, 0.2) is 11.5 Å². The largest absolute Gasteiger partial charge is 0.508 e. The van der Waals surface area contributed by atoms with E-state index in [1.165, 1.54) is 47.4 Å². The van der Waals surface area contributed by atoms with Gasteiger partial charge in [-0.2, -0.15) is 5.01 Å². The van der Waals surface area contributed by atoms with Crippen LogP contribution in [-0.4, -0.2) is 66.7 Å². The van der Waals surface area contributed by atoms with Gasteiger partial charge in [-0.1, -0.05) is 57.3 Å². The molecular weight excluding hydrogens is 921 g/mol. The van der Waals surface area contributed by atoms with Crippen molar-refractivity contribution in [2.75, 3.05) is 26.8 Å². The van der Waals surface area contributed by atoms with E-state index in [9.17, 15) is 19.5 Å². The monoisotopic (exact) mass is 957 g/mol. The molecule has 1 aliphatic carbocycles. The summed E-state index contributed by atoms with van der Waals surface area (Å²) in [7, 11) is 6.08. The number of nitrogens with zero attached hydrogens (tertiary/aromatic N) is 6.